The van der Waals surface area contributed by atoms with Crippen molar-refractivity contribution in [3.8, 4) is 17.1 Å². The molecule has 0 saturated carbocycles. The van der Waals surface area contributed by atoms with Crippen LogP contribution in [0.25, 0.3) is 33.5 Å². The molecule has 2 N–H and O–H groups in total. The third-order valence-electron chi connectivity index (χ3n) is 4.71. The second kappa shape index (κ2) is 7.97. The average molecular weight is 452 g/mol. The molecule has 0 saturated heterocycles. The Morgan fingerprint density at radius 3 is 3.00 bits per heavy atom. The fourth-order valence-electron chi connectivity index (χ4n) is 3.36. The number of fused-ring (bicyclic) bond motifs is 2. The van der Waals surface area contributed by atoms with E-state index in [0.29, 0.717) is 34.1 Å². The van der Waals surface area contributed by atoms with Crippen LogP contribution >= 0.6 is 11.6 Å². The van der Waals surface area contributed by atoms with Crippen LogP contribution in [0.4, 0.5) is 4.79 Å². The summed E-state index contributed by atoms with van der Waals surface area (Å²) in [6.07, 6.45) is 4.12. The first-order chi connectivity index (χ1) is 15.5. The topological polar surface area (TPSA) is 124 Å². The van der Waals surface area contributed by atoms with Crippen LogP contribution in [-0.2, 0) is 6.54 Å². The highest BCUT2D eigenvalue weighted by Gasteiger charge is 2.18. The third-order valence-corrected chi connectivity index (χ3v) is 4.95. The van der Waals surface area contributed by atoms with E-state index >= 15 is 0 Å². The van der Waals surface area contributed by atoms with Crippen LogP contribution < -0.4 is 10.1 Å². The maximum atomic E-state index is 12.0. The number of aromatic nitrogens is 6. The molecular weight excluding hydrogens is 434 g/mol. The third kappa shape index (κ3) is 3.76. The number of carbonyl (C=O) groups is 1. The number of nitrogens with one attached hydrogen (secondary N) is 2. The lowest BCUT2D eigenvalue weighted by molar-refractivity contribution is 0.198. The number of hydrogen-bond donors (Lipinski definition) is 2. The normalized spacial score (nSPS) is 11.5. The Morgan fingerprint density at radius 2 is 2.22 bits per heavy atom. The first-order valence-corrected chi connectivity index (χ1v) is 10.2. The van der Waals surface area contributed by atoms with Gasteiger partial charge in [-0.2, -0.15) is 5.10 Å². The first kappa shape index (κ1) is 20.0. The molecule has 0 atom stereocenters. The van der Waals surface area contributed by atoms with E-state index in [1.807, 2.05) is 26.0 Å². The second-order valence-electron chi connectivity index (χ2n) is 7.45. The fourth-order valence-corrected chi connectivity index (χ4v) is 3.52. The van der Waals surface area contributed by atoms with Crippen LogP contribution in [-0.4, -0.2) is 42.0 Å². The van der Waals surface area contributed by atoms with Crippen molar-refractivity contribution < 1.29 is 14.1 Å². The predicted molar refractivity (Wildman–Crippen MR) is 118 cm³/mol. The molecule has 0 fully saturated rings. The maximum absolute atomic E-state index is 12.0. The van der Waals surface area contributed by atoms with Crippen LogP contribution in [0.1, 0.15) is 19.5 Å². The van der Waals surface area contributed by atoms with Gasteiger partial charge in [0, 0.05) is 28.7 Å². The molecule has 5 aromatic rings. The predicted octanol–water partition coefficient (Wildman–Crippen LogP) is 4.16. The van der Waals surface area contributed by atoms with Crippen molar-refractivity contribution in [2.45, 2.75) is 26.4 Å². The van der Waals surface area contributed by atoms with E-state index in [1.165, 1.54) is 6.26 Å². The van der Waals surface area contributed by atoms with E-state index in [2.05, 4.69) is 25.4 Å². The summed E-state index contributed by atoms with van der Waals surface area (Å²) in [6.45, 7) is 4.10. The van der Waals surface area contributed by atoms with Crippen LogP contribution in [0.5, 0.6) is 5.75 Å². The number of carbonyl (C=O) groups excluding carboxylic acids is 1. The van der Waals surface area contributed by atoms with Gasteiger partial charge in [-0.3, -0.25) is 4.68 Å². The Bertz CT molecular complexity index is 1420. The Hall–Kier alpha value is -3.92. The number of nitrogens with zero attached hydrogens (tertiary/aromatic N) is 5. The van der Waals surface area contributed by atoms with Gasteiger partial charge in [0.1, 0.15) is 23.3 Å². The lowest BCUT2D eigenvalue weighted by atomic mass is 10.1. The number of benzene rings is 1. The van der Waals surface area contributed by atoms with Crippen molar-refractivity contribution in [2.24, 2.45) is 0 Å². The molecule has 0 spiro atoms. The number of aromatic amines is 1. The molecule has 162 valence electrons. The SMILES string of the molecule is CC(C)NC(=O)Oc1c[nH]c2ncc(-c3nn(Cc4ccon4)c4cc(Cl)ccc34)nc12. The van der Waals surface area contributed by atoms with Gasteiger partial charge in [0.2, 0.25) is 0 Å². The monoisotopic (exact) mass is 451 g/mol. The molecule has 10 nitrogen and oxygen atoms in total. The Balaban J connectivity index is 1.58. The molecule has 0 unspecified atom stereocenters. The lowest BCUT2D eigenvalue weighted by Gasteiger charge is -2.07. The van der Waals surface area contributed by atoms with E-state index < -0.39 is 6.09 Å². The van der Waals surface area contributed by atoms with Crippen molar-refractivity contribution >= 4 is 39.8 Å². The minimum atomic E-state index is -0.565. The second-order valence-corrected chi connectivity index (χ2v) is 7.89. The molecule has 5 rings (SSSR count). The van der Waals surface area contributed by atoms with Gasteiger partial charge in [-0.1, -0.05) is 16.8 Å². The number of amides is 1. The number of rotatable bonds is 5. The Kier molecular flexibility index (Phi) is 4.98. The summed E-state index contributed by atoms with van der Waals surface area (Å²) < 4.78 is 12.1. The molecule has 4 heterocycles. The zero-order valence-electron chi connectivity index (χ0n) is 17.2. The summed E-state index contributed by atoms with van der Waals surface area (Å²) in [6, 6.07) is 7.23. The quantitative estimate of drug-likeness (QED) is 0.411. The molecule has 4 aromatic heterocycles. The average Bonchev–Trinajstić information content (AvgIpc) is 3.48. The van der Waals surface area contributed by atoms with E-state index in [9.17, 15) is 4.79 Å². The lowest BCUT2D eigenvalue weighted by Crippen LogP contribution is -2.32. The van der Waals surface area contributed by atoms with Gasteiger partial charge in [0.05, 0.1) is 18.3 Å². The van der Waals surface area contributed by atoms with Crippen molar-refractivity contribution in [3.05, 3.63) is 53.6 Å². The zero-order valence-corrected chi connectivity index (χ0v) is 17.9. The van der Waals surface area contributed by atoms with Crippen LogP contribution in [0.15, 0.2) is 47.4 Å². The van der Waals surface area contributed by atoms with Crippen molar-refractivity contribution in [3.63, 3.8) is 0 Å². The number of H-pyrrole nitrogens is 1. The molecular formula is C21H18ClN7O3. The van der Waals surface area contributed by atoms with Crippen LogP contribution in [0.3, 0.4) is 0 Å². The largest absolute Gasteiger partial charge is 0.412 e. The molecule has 0 aliphatic rings. The molecule has 0 bridgehead atoms. The minimum Gasteiger partial charge on any atom is -0.406 e. The fraction of sp³-hybridized carbons (Fsp3) is 0.190. The van der Waals surface area contributed by atoms with Gasteiger partial charge in [0.15, 0.2) is 16.9 Å². The van der Waals surface area contributed by atoms with Gasteiger partial charge in [-0.05, 0) is 32.0 Å². The summed E-state index contributed by atoms with van der Waals surface area (Å²) in [4.78, 5) is 24.1. The highest BCUT2D eigenvalue weighted by Crippen LogP contribution is 2.31. The zero-order chi connectivity index (χ0) is 22.2. The molecule has 0 aliphatic carbocycles. The highest BCUT2D eigenvalue weighted by atomic mass is 35.5. The van der Waals surface area contributed by atoms with Gasteiger partial charge in [-0.25, -0.2) is 14.8 Å². The van der Waals surface area contributed by atoms with E-state index in [-0.39, 0.29) is 11.8 Å². The van der Waals surface area contributed by atoms with E-state index in [4.69, 9.17) is 26.0 Å². The van der Waals surface area contributed by atoms with E-state index in [1.54, 1.807) is 29.2 Å². The molecule has 1 amide bonds. The van der Waals surface area contributed by atoms with Gasteiger partial charge in [-0.15, -0.1) is 0 Å². The number of ether oxygens (including phenoxy) is 1. The summed E-state index contributed by atoms with van der Waals surface area (Å²) in [5.74, 6) is 0.280. The molecule has 0 aliphatic heterocycles. The molecule has 11 heteroatoms. The van der Waals surface area contributed by atoms with Gasteiger partial charge in [0.25, 0.3) is 0 Å². The molecule has 32 heavy (non-hydrogen) atoms. The maximum Gasteiger partial charge on any atom is 0.412 e. The molecule has 0 radical (unpaired) electrons. The standard InChI is InChI=1S/C21H18ClN7O3/c1-11(2)25-21(30)32-17-9-24-20-19(17)26-15(8-23-20)18-14-4-3-12(22)7-16(14)29(27-18)10-13-5-6-31-28-13/h3-9,11H,10H2,1-2H3,(H,23,24)(H,25,30). The summed E-state index contributed by atoms with van der Waals surface area (Å²) >= 11 is 6.23. The van der Waals surface area contributed by atoms with Crippen molar-refractivity contribution in [1.82, 2.24) is 35.2 Å². The summed E-state index contributed by atoms with van der Waals surface area (Å²) in [5.41, 5.74) is 3.61. The van der Waals surface area contributed by atoms with Gasteiger partial charge >= 0.3 is 6.09 Å². The van der Waals surface area contributed by atoms with E-state index in [0.717, 1.165) is 16.6 Å². The Morgan fingerprint density at radius 1 is 1.34 bits per heavy atom. The van der Waals surface area contributed by atoms with Crippen LogP contribution in [0.2, 0.25) is 5.02 Å². The summed E-state index contributed by atoms with van der Waals surface area (Å²) in [5, 5.41) is 12.8. The summed E-state index contributed by atoms with van der Waals surface area (Å²) in [7, 11) is 0. The van der Waals surface area contributed by atoms with Crippen molar-refractivity contribution in [1.29, 1.82) is 0 Å². The number of hydrogen-bond acceptors (Lipinski definition) is 7. The first-order valence-electron chi connectivity index (χ1n) is 9.86. The molecule has 1 aromatic carbocycles. The number of halogens is 1. The minimum absolute atomic E-state index is 0.0544. The van der Waals surface area contributed by atoms with Crippen LogP contribution in [0, 0.1) is 0 Å². The smallest absolute Gasteiger partial charge is 0.406 e. The van der Waals surface area contributed by atoms with Crippen molar-refractivity contribution in [2.75, 3.05) is 0 Å². The Labute approximate surface area is 186 Å². The van der Waals surface area contributed by atoms with Gasteiger partial charge < -0.3 is 19.6 Å². The highest BCUT2D eigenvalue weighted by molar-refractivity contribution is 6.31.